The van der Waals surface area contributed by atoms with Crippen LogP contribution in [0.5, 0.6) is 5.75 Å². The number of carbonyl (C=O) groups is 1. The third kappa shape index (κ3) is 4.03. The molecule has 7 nitrogen and oxygen atoms in total. The number of hydrogen-bond acceptors (Lipinski definition) is 5. The second-order valence-corrected chi connectivity index (χ2v) is 6.09. The van der Waals surface area contributed by atoms with Gasteiger partial charge in [-0.05, 0) is 43.3 Å². The summed E-state index contributed by atoms with van der Waals surface area (Å²) in [4.78, 5) is 29.5. The van der Waals surface area contributed by atoms with Crippen LogP contribution < -0.4 is 10.3 Å². The first kappa shape index (κ1) is 19.2. The molecule has 28 heavy (non-hydrogen) atoms. The fraction of sp³-hybridized carbons (Fsp3) is 0.190. The van der Waals surface area contributed by atoms with Crippen LogP contribution in [0.1, 0.15) is 18.2 Å². The van der Waals surface area contributed by atoms with E-state index in [0.29, 0.717) is 28.4 Å². The van der Waals surface area contributed by atoms with Gasteiger partial charge in [-0.15, -0.1) is 0 Å². The van der Waals surface area contributed by atoms with Gasteiger partial charge < -0.3 is 9.47 Å². The standard InChI is InChI=1S/C21H21N3O4/c1-14(22-15-7-5-4-6-8-15)20-18(13-19(25)28-3)23-24(21(20)26)16-9-11-17(27-2)12-10-16/h4-12,23H,13H2,1-3H3. The summed E-state index contributed by atoms with van der Waals surface area (Å²) in [6.07, 6.45) is -0.0636. The van der Waals surface area contributed by atoms with Crippen molar-refractivity contribution in [1.29, 1.82) is 0 Å². The van der Waals surface area contributed by atoms with Crippen LogP contribution >= 0.6 is 0 Å². The molecule has 1 aromatic heterocycles. The number of para-hydroxylation sites is 1. The van der Waals surface area contributed by atoms with E-state index in [1.807, 2.05) is 30.3 Å². The largest absolute Gasteiger partial charge is 0.497 e. The molecule has 144 valence electrons. The van der Waals surface area contributed by atoms with Crippen LogP contribution in [-0.2, 0) is 16.0 Å². The van der Waals surface area contributed by atoms with E-state index >= 15 is 0 Å². The molecule has 0 saturated heterocycles. The van der Waals surface area contributed by atoms with E-state index in [4.69, 9.17) is 9.47 Å². The van der Waals surface area contributed by atoms with Gasteiger partial charge in [-0.3, -0.25) is 19.7 Å². The van der Waals surface area contributed by atoms with Crippen molar-refractivity contribution in [2.45, 2.75) is 13.3 Å². The van der Waals surface area contributed by atoms with Crippen LogP contribution in [0.25, 0.3) is 5.69 Å². The first-order valence-electron chi connectivity index (χ1n) is 8.69. The number of carbonyl (C=O) groups excluding carboxylic acids is 1. The van der Waals surface area contributed by atoms with Crippen molar-refractivity contribution in [2.24, 2.45) is 4.99 Å². The number of ether oxygens (including phenoxy) is 2. The van der Waals surface area contributed by atoms with Gasteiger partial charge in [0.15, 0.2) is 0 Å². The predicted octanol–water partition coefficient (Wildman–Crippen LogP) is 3.03. The van der Waals surface area contributed by atoms with Gasteiger partial charge in [0.25, 0.3) is 5.56 Å². The molecule has 0 fully saturated rings. The Bertz CT molecular complexity index is 1050. The fourth-order valence-electron chi connectivity index (χ4n) is 2.87. The monoisotopic (exact) mass is 379 g/mol. The number of benzene rings is 2. The quantitative estimate of drug-likeness (QED) is 0.527. The average Bonchev–Trinajstić information content (AvgIpc) is 3.04. The molecule has 0 aliphatic heterocycles. The normalized spacial score (nSPS) is 11.3. The van der Waals surface area contributed by atoms with Gasteiger partial charge in [0.05, 0.1) is 49.0 Å². The van der Waals surface area contributed by atoms with Crippen molar-refractivity contribution in [3.05, 3.63) is 76.2 Å². The first-order chi connectivity index (χ1) is 13.5. The maximum Gasteiger partial charge on any atom is 0.311 e. The SMILES string of the molecule is COC(=O)Cc1[nH]n(-c2ccc(OC)cc2)c(=O)c1C(C)=Nc1ccccc1. The number of hydrogen-bond donors (Lipinski definition) is 1. The van der Waals surface area contributed by atoms with Crippen molar-refractivity contribution in [2.75, 3.05) is 14.2 Å². The van der Waals surface area contributed by atoms with E-state index < -0.39 is 5.97 Å². The van der Waals surface area contributed by atoms with Crippen LogP contribution in [0.4, 0.5) is 5.69 Å². The molecule has 2 aromatic carbocycles. The van der Waals surface area contributed by atoms with Crippen LogP contribution in [0.15, 0.2) is 64.4 Å². The summed E-state index contributed by atoms with van der Waals surface area (Å²) >= 11 is 0. The number of aliphatic imine (C=N–C) groups is 1. The summed E-state index contributed by atoms with van der Waals surface area (Å²) in [5.74, 6) is 0.233. The Balaban J connectivity index is 2.11. The van der Waals surface area contributed by atoms with Crippen LogP contribution in [-0.4, -0.2) is 35.7 Å². The highest BCUT2D eigenvalue weighted by atomic mass is 16.5. The van der Waals surface area contributed by atoms with E-state index in [1.54, 1.807) is 38.3 Å². The topological polar surface area (TPSA) is 85.7 Å². The van der Waals surface area contributed by atoms with Gasteiger partial charge in [-0.1, -0.05) is 18.2 Å². The van der Waals surface area contributed by atoms with Crippen molar-refractivity contribution in [3.8, 4) is 11.4 Å². The summed E-state index contributed by atoms with van der Waals surface area (Å²) in [6, 6.07) is 16.3. The molecule has 3 rings (SSSR count). The van der Waals surface area contributed by atoms with E-state index in [9.17, 15) is 9.59 Å². The number of nitrogens with zero attached hydrogens (tertiary/aromatic N) is 2. The lowest BCUT2D eigenvalue weighted by molar-refractivity contribution is -0.139. The van der Waals surface area contributed by atoms with E-state index in [-0.39, 0.29) is 12.0 Å². The Morgan fingerprint density at radius 1 is 1.07 bits per heavy atom. The van der Waals surface area contributed by atoms with Gasteiger partial charge in [0.1, 0.15) is 5.75 Å². The van der Waals surface area contributed by atoms with E-state index in [0.717, 1.165) is 5.69 Å². The Kier molecular flexibility index (Phi) is 5.74. The first-order valence-corrected chi connectivity index (χ1v) is 8.69. The molecule has 1 N–H and O–H groups in total. The zero-order valence-electron chi connectivity index (χ0n) is 15.9. The molecular formula is C21H21N3O4. The summed E-state index contributed by atoms with van der Waals surface area (Å²) in [6.45, 7) is 1.75. The minimum absolute atomic E-state index is 0.0636. The minimum Gasteiger partial charge on any atom is -0.497 e. The van der Waals surface area contributed by atoms with Gasteiger partial charge in [-0.2, -0.15) is 0 Å². The van der Waals surface area contributed by atoms with E-state index in [1.165, 1.54) is 11.8 Å². The third-order valence-electron chi connectivity index (χ3n) is 4.26. The van der Waals surface area contributed by atoms with Crippen LogP contribution in [0, 0.1) is 0 Å². The lowest BCUT2D eigenvalue weighted by Gasteiger charge is -2.03. The number of H-pyrrole nitrogens is 1. The van der Waals surface area contributed by atoms with Gasteiger partial charge in [0, 0.05) is 0 Å². The third-order valence-corrected chi connectivity index (χ3v) is 4.26. The molecule has 0 aliphatic carbocycles. The van der Waals surface area contributed by atoms with Gasteiger partial charge in [-0.25, -0.2) is 4.68 Å². The van der Waals surface area contributed by atoms with Gasteiger partial charge in [0.2, 0.25) is 0 Å². The summed E-state index contributed by atoms with van der Waals surface area (Å²) in [5, 5.41) is 3.02. The molecular weight excluding hydrogens is 358 g/mol. The smallest absolute Gasteiger partial charge is 0.311 e. The number of rotatable bonds is 6. The van der Waals surface area contributed by atoms with Crippen LogP contribution in [0.3, 0.4) is 0 Å². The molecule has 0 atom stereocenters. The van der Waals surface area contributed by atoms with Crippen LogP contribution in [0.2, 0.25) is 0 Å². The number of nitrogens with one attached hydrogen (secondary N) is 1. The highest BCUT2D eigenvalue weighted by Gasteiger charge is 2.20. The van der Waals surface area contributed by atoms with Crippen molar-refractivity contribution >= 4 is 17.4 Å². The Labute approximate surface area is 162 Å². The number of esters is 1. The second kappa shape index (κ2) is 8.39. The lowest BCUT2D eigenvalue weighted by atomic mass is 10.1. The maximum absolute atomic E-state index is 13.1. The Morgan fingerprint density at radius 2 is 1.75 bits per heavy atom. The highest BCUT2D eigenvalue weighted by Crippen LogP contribution is 2.17. The van der Waals surface area contributed by atoms with Crippen molar-refractivity contribution in [1.82, 2.24) is 9.78 Å². The molecule has 3 aromatic rings. The molecule has 0 spiro atoms. The molecule has 0 bridgehead atoms. The molecule has 0 saturated carbocycles. The fourth-order valence-corrected chi connectivity index (χ4v) is 2.87. The summed E-state index contributed by atoms with van der Waals surface area (Å²) < 4.78 is 11.3. The minimum atomic E-state index is -0.447. The Morgan fingerprint density at radius 3 is 2.36 bits per heavy atom. The average molecular weight is 379 g/mol. The molecule has 0 radical (unpaired) electrons. The molecule has 7 heteroatoms. The zero-order valence-corrected chi connectivity index (χ0v) is 15.9. The van der Waals surface area contributed by atoms with Gasteiger partial charge >= 0.3 is 5.97 Å². The second-order valence-electron chi connectivity index (χ2n) is 6.09. The number of aromatic nitrogens is 2. The lowest BCUT2D eigenvalue weighted by Crippen LogP contribution is -2.20. The molecule has 0 amide bonds. The summed E-state index contributed by atoms with van der Waals surface area (Å²) in [5.41, 5.74) is 2.37. The molecule has 0 aliphatic rings. The zero-order chi connectivity index (χ0) is 20.1. The number of methoxy groups -OCH3 is 2. The van der Waals surface area contributed by atoms with Crippen molar-refractivity contribution in [3.63, 3.8) is 0 Å². The van der Waals surface area contributed by atoms with Crippen molar-refractivity contribution < 1.29 is 14.3 Å². The number of aromatic amines is 1. The summed E-state index contributed by atoms with van der Waals surface area (Å²) in [7, 11) is 2.89. The molecule has 1 heterocycles. The Hall–Kier alpha value is -3.61. The predicted molar refractivity (Wildman–Crippen MR) is 107 cm³/mol. The van der Waals surface area contributed by atoms with E-state index in [2.05, 4.69) is 10.1 Å². The highest BCUT2D eigenvalue weighted by molar-refractivity contribution is 6.01. The maximum atomic E-state index is 13.1. The molecule has 0 unspecified atom stereocenters.